The first-order chi connectivity index (χ1) is 12.3. The van der Waals surface area contributed by atoms with Gasteiger partial charge in [-0.1, -0.05) is 0 Å². The first-order valence-corrected chi connectivity index (χ1v) is 10.7. The van der Waals surface area contributed by atoms with Gasteiger partial charge in [0.15, 0.2) is 9.84 Å². The van der Waals surface area contributed by atoms with Gasteiger partial charge in [-0.2, -0.15) is 0 Å². The van der Waals surface area contributed by atoms with Crippen molar-refractivity contribution in [2.24, 2.45) is 0 Å². The minimum Gasteiger partial charge on any atom is -0.494 e. The number of amides is 1. The molecule has 1 fully saturated rings. The number of carbonyl (C=O) groups excluding carboxylic acids is 1. The van der Waals surface area contributed by atoms with Gasteiger partial charge < -0.3 is 19.7 Å². The highest BCUT2D eigenvalue weighted by molar-refractivity contribution is 7.91. The number of sulfone groups is 1. The fourth-order valence-electron chi connectivity index (χ4n) is 3.02. The molecule has 1 amide bonds. The van der Waals surface area contributed by atoms with Crippen LogP contribution in [0.15, 0.2) is 18.2 Å². The van der Waals surface area contributed by atoms with Crippen molar-refractivity contribution in [2.75, 3.05) is 37.1 Å². The van der Waals surface area contributed by atoms with E-state index in [1.54, 1.807) is 26.1 Å². The van der Waals surface area contributed by atoms with E-state index in [4.69, 9.17) is 9.47 Å². The van der Waals surface area contributed by atoms with Crippen molar-refractivity contribution in [3.63, 3.8) is 0 Å². The molecule has 1 aliphatic rings. The van der Waals surface area contributed by atoms with Gasteiger partial charge in [0.25, 0.3) is 0 Å². The summed E-state index contributed by atoms with van der Waals surface area (Å²) in [6.07, 6.45) is 0.487. The molecule has 0 aliphatic carbocycles. The molecule has 1 N–H and O–H groups in total. The largest absolute Gasteiger partial charge is 0.494 e. The number of anilines is 1. The monoisotopic (exact) mass is 384 g/mol. The molecule has 0 aromatic heterocycles. The maximum atomic E-state index is 12.7. The molecule has 1 aromatic carbocycles. The first kappa shape index (κ1) is 20.4. The van der Waals surface area contributed by atoms with E-state index in [9.17, 15) is 13.2 Å². The Morgan fingerprint density at radius 1 is 1.31 bits per heavy atom. The lowest BCUT2D eigenvalue weighted by Crippen LogP contribution is -2.45. The Hall–Kier alpha value is -1.96. The Bertz CT molecular complexity index is 735. The van der Waals surface area contributed by atoms with Crippen LogP contribution in [-0.2, 0) is 14.6 Å². The summed E-state index contributed by atoms with van der Waals surface area (Å²) in [5.41, 5.74) is 0.672. The smallest absolute Gasteiger partial charge is 0.244 e. The number of benzene rings is 1. The number of nitrogens with one attached hydrogen (secondary N) is 1. The molecule has 1 aliphatic heterocycles. The molecule has 7 nitrogen and oxygen atoms in total. The second-order valence-corrected chi connectivity index (χ2v) is 8.62. The van der Waals surface area contributed by atoms with Gasteiger partial charge in [-0.25, -0.2) is 8.42 Å². The highest BCUT2D eigenvalue weighted by Crippen LogP contribution is 2.30. The van der Waals surface area contributed by atoms with Crippen LogP contribution in [0.25, 0.3) is 0 Å². The molecule has 0 radical (unpaired) electrons. The molecule has 1 heterocycles. The summed E-state index contributed by atoms with van der Waals surface area (Å²) >= 11 is 0. The third-order valence-corrected chi connectivity index (χ3v) is 6.16. The third-order valence-electron chi connectivity index (χ3n) is 4.41. The topological polar surface area (TPSA) is 84.9 Å². The summed E-state index contributed by atoms with van der Waals surface area (Å²) in [5.74, 6) is 1.35. The average molecular weight is 384 g/mol. The molecule has 146 valence electrons. The minimum absolute atomic E-state index is 0.0337. The van der Waals surface area contributed by atoms with Crippen LogP contribution in [0.2, 0.25) is 0 Å². The predicted octanol–water partition coefficient (Wildman–Crippen LogP) is 1.93. The molecule has 1 aromatic rings. The lowest BCUT2D eigenvalue weighted by atomic mass is 10.2. The number of likely N-dealkylation sites (N-methyl/N-ethyl adjacent to an activating group) is 1. The van der Waals surface area contributed by atoms with Crippen molar-refractivity contribution in [2.45, 2.75) is 39.3 Å². The number of hydrogen-bond donors (Lipinski definition) is 1. The zero-order chi connectivity index (χ0) is 19.3. The summed E-state index contributed by atoms with van der Waals surface area (Å²) in [6, 6.07) is 4.64. The number of hydrogen-bond acceptors (Lipinski definition) is 6. The maximum Gasteiger partial charge on any atom is 0.244 e. The Morgan fingerprint density at radius 2 is 2.00 bits per heavy atom. The van der Waals surface area contributed by atoms with E-state index in [1.165, 1.54) is 4.90 Å². The molecule has 1 saturated heterocycles. The highest BCUT2D eigenvalue weighted by atomic mass is 32.2. The summed E-state index contributed by atoms with van der Waals surface area (Å²) in [6.45, 7) is 6.60. The molecule has 8 heteroatoms. The van der Waals surface area contributed by atoms with Crippen LogP contribution in [0.4, 0.5) is 5.69 Å². The number of carbonyl (C=O) groups is 1. The fourth-order valence-corrected chi connectivity index (χ4v) is 4.80. The van der Waals surface area contributed by atoms with E-state index in [0.29, 0.717) is 36.8 Å². The third kappa shape index (κ3) is 5.03. The molecule has 2 rings (SSSR count). The van der Waals surface area contributed by atoms with Crippen molar-refractivity contribution >= 4 is 21.4 Å². The second-order valence-electron chi connectivity index (χ2n) is 6.40. The van der Waals surface area contributed by atoms with Gasteiger partial charge >= 0.3 is 0 Å². The van der Waals surface area contributed by atoms with Gasteiger partial charge in [0.2, 0.25) is 5.91 Å². The zero-order valence-electron chi connectivity index (χ0n) is 15.8. The highest BCUT2D eigenvalue weighted by Gasteiger charge is 2.34. The standard InChI is InChI=1S/C18H28N2O5S/c1-5-24-15-7-8-17(25-6-2)16(11-15)19-13(3)18(21)20(4)14-9-10-26(22,23)12-14/h7-8,11,13-14,19H,5-6,9-10,12H2,1-4H3/t13-,14+/m1/s1. The van der Waals surface area contributed by atoms with Crippen LogP contribution in [0.1, 0.15) is 27.2 Å². The number of ether oxygens (including phenoxy) is 2. The molecule has 0 unspecified atom stereocenters. The van der Waals surface area contributed by atoms with Gasteiger partial charge in [0.1, 0.15) is 17.5 Å². The SMILES string of the molecule is CCOc1ccc(OCC)c(N[C@H](C)C(=O)N(C)[C@H]2CCS(=O)(=O)C2)c1. The lowest BCUT2D eigenvalue weighted by Gasteiger charge is -2.27. The Labute approximate surface area is 155 Å². The molecular weight excluding hydrogens is 356 g/mol. The molecule has 26 heavy (non-hydrogen) atoms. The summed E-state index contributed by atoms with van der Waals surface area (Å²) in [7, 11) is -1.38. The predicted molar refractivity (Wildman–Crippen MR) is 102 cm³/mol. The first-order valence-electron chi connectivity index (χ1n) is 8.90. The van der Waals surface area contributed by atoms with Crippen LogP contribution in [0, 0.1) is 0 Å². The van der Waals surface area contributed by atoms with E-state index in [2.05, 4.69) is 5.32 Å². The molecule has 0 saturated carbocycles. The quantitative estimate of drug-likeness (QED) is 0.737. The summed E-state index contributed by atoms with van der Waals surface area (Å²) in [5, 5.41) is 3.17. The van der Waals surface area contributed by atoms with Crippen molar-refractivity contribution in [3.8, 4) is 11.5 Å². The van der Waals surface area contributed by atoms with E-state index >= 15 is 0 Å². The van der Waals surface area contributed by atoms with Crippen molar-refractivity contribution in [1.82, 2.24) is 4.90 Å². The van der Waals surface area contributed by atoms with Gasteiger partial charge in [0, 0.05) is 19.2 Å². The molecule has 0 spiro atoms. The van der Waals surface area contributed by atoms with Crippen LogP contribution in [0.5, 0.6) is 11.5 Å². The van der Waals surface area contributed by atoms with E-state index in [-0.39, 0.29) is 23.5 Å². The number of rotatable bonds is 8. The Kier molecular flexibility index (Phi) is 6.75. The van der Waals surface area contributed by atoms with Crippen molar-refractivity contribution in [3.05, 3.63) is 18.2 Å². The minimum atomic E-state index is -3.04. The Balaban J connectivity index is 2.11. The van der Waals surface area contributed by atoms with Crippen LogP contribution >= 0.6 is 0 Å². The van der Waals surface area contributed by atoms with Crippen molar-refractivity contribution < 1.29 is 22.7 Å². The Morgan fingerprint density at radius 3 is 2.58 bits per heavy atom. The van der Waals surface area contributed by atoms with Crippen LogP contribution in [0.3, 0.4) is 0 Å². The van der Waals surface area contributed by atoms with Gasteiger partial charge in [-0.15, -0.1) is 0 Å². The molecule has 0 bridgehead atoms. The van der Waals surface area contributed by atoms with Gasteiger partial charge in [0.05, 0.1) is 30.4 Å². The van der Waals surface area contributed by atoms with Crippen LogP contribution in [-0.4, -0.2) is 63.1 Å². The normalized spacial score (nSPS) is 19.6. The van der Waals surface area contributed by atoms with E-state index < -0.39 is 15.9 Å². The molecular formula is C18H28N2O5S. The summed E-state index contributed by atoms with van der Waals surface area (Å²) in [4.78, 5) is 14.3. The van der Waals surface area contributed by atoms with E-state index in [0.717, 1.165) is 0 Å². The second kappa shape index (κ2) is 8.62. The maximum absolute atomic E-state index is 12.7. The van der Waals surface area contributed by atoms with Crippen LogP contribution < -0.4 is 14.8 Å². The molecule has 2 atom stereocenters. The van der Waals surface area contributed by atoms with Crippen molar-refractivity contribution in [1.29, 1.82) is 0 Å². The van der Waals surface area contributed by atoms with E-state index in [1.807, 2.05) is 19.9 Å². The summed E-state index contributed by atoms with van der Waals surface area (Å²) < 4.78 is 34.5. The van der Waals surface area contributed by atoms with Gasteiger partial charge in [-0.3, -0.25) is 4.79 Å². The average Bonchev–Trinajstić information content (AvgIpc) is 2.96. The number of nitrogens with zero attached hydrogens (tertiary/aromatic N) is 1. The fraction of sp³-hybridized carbons (Fsp3) is 0.611. The van der Waals surface area contributed by atoms with Gasteiger partial charge in [-0.05, 0) is 39.3 Å². The lowest BCUT2D eigenvalue weighted by molar-refractivity contribution is -0.132. The zero-order valence-corrected chi connectivity index (χ0v) is 16.6.